The lowest BCUT2D eigenvalue weighted by Crippen LogP contribution is -2.10. The smallest absolute Gasteiger partial charge is 0.248 e. The topological polar surface area (TPSA) is 64.3 Å². The second-order valence-electron chi connectivity index (χ2n) is 3.89. The molecule has 0 saturated carbocycles. The third-order valence-corrected chi connectivity index (χ3v) is 3.21. The van der Waals surface area contributed by atoms with Crippen molar-refractivity contribution in [1.82, 2.24) is 0 Å². The van der Waals surface area contributed by atoms with E-state index in [0.717, 1.165) is 5.69 Å². The van der Waals surface area contributed by atoms with Crippen LogP contribution in [0.2, 0.25) is 0 Å². The highest BCUT2D eigenvalue weighted by atomic mass is 79.9. The summed E-state index contributed by atoms with van der Waals surface area (Å²) in [6.07, 6.45) is 0. The predicted molar refractivity (Wildman–Crippen MR) is 78.7 cm³/mol. The van der Waals surface area contributed by atoms with E-state index < -0.39 is 5.91 Å². The maximum Gasteiger partial charge on any atom is 0.248 e. The zero-order valence-electron chi connectivity index (χ0n) is 10.3. The van der Waals surface area contributed by atoms with Crippen LogP contribution in [0.3, 0.4) is 0 Å². The number of amides is 1. The number of benzene rings is 2. The van der Waals surface area contributed by atoms with Crippen molar-refractivity contribution in [3.63, 3.8) is 0 Å². The molecule has 98 valence electrons. The molecule has 0 spiro atoms. The van der Waals surface area contributed by atoms with Gasteiger partial charge in [0.1, 0.15) is 11.5 Å². The molecule has 0 aromatic heterocycles. The summed E-state index contributed by atoms with van der Waals surface area (Å²) in [5.74, 6) is 0.874. The van der Waals surface area contributed by atoms with Crippen molar-refractivity contribution < 1.29 is 9.53 Å². The molecule has 0 saturated heterocycles. The summed E-state index contributed by atoms with van der Waals surface area (Å²) in [5.41, 5.74) is 6.65. The molecule has 0 aliphatic rings. The van der Waals surface area contributed by atoms with Gasteiger partial charge in [0.15, 0.2) is 0 Å². The first-order valence-electron chi connectivity index (χ1n) is 5.65. The standard InChI is InChI=1S/C14H13BrN2O2/c1-17-10-3-5-11(6-4-10)19-13-7-2-9(14(16)18)8-12(13)15/h2-8,17H,1H3,(H2,16,18). The first kappa shape index (κ1) is 13.4. The Bertz CT molecular complexity index is 597. The van der Waals surface area contributed by atoms with Crippen LogP contribution in [0.4, 0.5) is 5.69 Å². The van der Waals surface area contributed by atoms with E-state index in [4.69, 9.17) is 10.5 Å². The molecule has 0 bridgehead atoms. The molecule has 1 amide bonds. The number of rotatable bonds is 4. The number of hydrogen-bond donors (Lipinski definition) is 2. The summed E-state index contributed by atoms with van der Waals surface area (Å²) < 4.78 is 6.40. The lowest BCUT2D eigenvalue weighted by molar-refractivity contribution is 0.1000. The van der Waals surface area contributed by atoms with Crippen LogP contribution >= 0.6 is 15.9 Å². The highest BCUT2D eigenvalue weighted by Gasteiger charge is 2.07. The second kappa shape index (κ2) is 5.75. The Morgan fingerprint density at radius 1 is 1.21 bits per heavy atom. The molecule has 19 heavy (non-hydrogen) atoms. The normalized spacial score (nSPS) is 10.0. The van der Waals surface area contributed by atoms with Crippen molar-refractivity contribution >= 4 is 27.5 Å². The second-order valence-corrected chi connectivity index (χ2v) is 4.74. The van der Waals surface area contributed by atoms with Crippen LogP contribution in [-0.2, 0) is 0 Å². The van der Waals surface area contributed by atoms with E-state index in [-0.39, 0.29) is 0 Å². The SMILES string of the molecule is CNc1ccc(Oc2ccc(C(N)=O)cc2Br)cc1. The van der Waals surface area contributed by atoms with Crippen LogP contribution in [0.1, 0.15) is 10.4 Å². The van der Waals surface area contributed by atoms with Crippen molar-refractivity contribution in [1.29, 1.82) is 0 Å². The molecule has 4 nitrogen and oxygen atoms in total. The first-order chi connectivity index (χ1) is 9.10. The van der Waals surface area contributed by atoms with Gasteiger partial charge in [0.2, 0.25) is 5.91 Å². The number of halogens is 1. The number of primary amides is 1. The lowest BCUT2D eigenvalue weighted by atomic mass is 10.2. The number of carbonyl (C=O) groups is 1. The molecule has 0 atom stereocenters. The highest BCUT2D eigenvalue weighted by Crippen LogP contribution is 2.30. The number of ether oxygens (including phenoxy) is 1. The summed E-state index contributed by atoms with van der Waals surface area (Å²) in [4.78, 5) is 11.0. The van der Waals surface area contributed by atoms with E-state index in [0.29, 0.717) is 21.5 Å². The van der Waals surface area contributed by atoms with Gasteiger partial charge in [-0.15, -0.1) is 0 Å². The summed E-state index contributed by atoms with van der Waals surface area (Å²) in [6.45, 7) is 0. The van der Waals surface area contributed by atoms with E-state index in [9.17, 15) is 4.79 Å². The third kappa shape index (κ3) is 3.26. The molecule has 0 aliphatic heterocycles. The molecule has 0 heterocycles. The lowest BCUT2D eigenvalue weighted by Gasteiger charge is -2.09. The van der Waals surface area contributed by atoms with Gasteiger partial charge in [0.05, 0.1) is 4.47 Å². The average Bonchev–Trinajstić information content (AvgIpc) is 2.41. The van der Waals surface area contributed by atoms with Crippen molar-refractivity contribution in [3.05, 3.63) is 52.5 Å². The van der Waals surface area contributed by atoms with Gasteiger partial charge in [-0.2, -0.15) is 0 Å². The summed E-state index contributed by atoms with van der Waals surface area (Å²) >= 11 is 3.36. The summed E-state index contributed by atoms with van der Waals surface area (Å²) in [6, 6.07) is 12.5. The van der Waals surface area contributed by atoms with Gasteiger partial charge >= 0.3 is 0 Å². The van der Waals surface area contributed by atoms with Crippen LogP contribution in [0, 0.1) is 0 Å². The molecule has 2 rings (SSSR count). The zero-order chi connectivity index (χ0) is 13.8. The summed E-state index contributed by atoms with van der Waals surface area (Å²) in [5, 5.41) is 3.03. The Kier molecular flexibility index (Phi) is 4.06. The molecular weight excluding hydrogens is 308 g/mol. The minimum atomic E-state index is -0.467. The average molecular weight is 321 g/mol. The maximum atomic E-state index is 11.0. The number of nitrogens with one attached hydrogen (secondary N) is 1. The molecular formula is C14H13BrN2O2. The fraction of sp³-hybridized carbons (Fsp3) is 0.0714. The fourth-order valence-electron chi connectivity index (χ4n) is 1.55. The quantitative estimate of drug-likeness (QED) is 0.907. The van der Waals surface area contributed by atoms with Crippen molar-refractivity contribution in [2.75, 3.05) is 12.4 Å². The monoisotopic (exact) mass is 320 g/mol. The Hall–Kier alpha value is -2.01. The van der Waals surface area contributed by atoms with Crippen molar-refractivity contribution in [2.24, 2.45) is 5.73 Å². The van der Waals surface area contributed by atoms with Gasteiger partial charge in [0, 0.05) is 18.3 Å². The van der Waals surface area contributed by atoms with Gasteiger partial charge < -0.3 is 15.8 Å². The third-order valence-electron chi connectivity index (χ3n) is 2.59. The van der Waals surface area contributed by atoms with Crippen LogP contribution in [-0.4, -0.2) is 13.0 Å². The summed E-state index contributed by atoms with van der Waals surface area (Å²) in [7, 11) is 1.86. The highest BCUT2D eigenvalue weighted by molar-refractivity contribution is 9.10. The Morgan fingerprint density at radius 2 is 1.89 bits per heavy atom. The molecule has 0 aliphatic carbocycles. The molecule has 2 aromatic carbocycles. The van der Waals surface area contributed by atoms with E-state index in [2.05, 4.69) is 21.2 Å². The van der Waals surface area contributed by atoms with Gasteiger partial charge in [-0.3, -0.25) is 4.79 Å². The molecule has 2 aromatic rings. The Morgan fingerprint density at radius 3 is 2.42 bits per heavy atom. The fourth-order valence-corrected chi connectivity index (χ4v) is 2.01. The molecule has 3 N–H and O–H groups in total. The van der Waals surface area contributed by atoms with Crippen molar-refractivity contribution in [3.8, 4) is 11.5 Å². The largest absolute Gasteiger partial charge is 0.456 e. The van der Waals surface area contributed by atoms with Crippen LogP contribution in [0.25, 0.3) is 0 Å². The van der Waals surface area contributed by atoms with Crippen LogP contribution < -0.4 is 15.8 Å². The zero-order valence-corrected chi connectivity index (χ0v) is 11.9. The Labute approximate surface area is 119 Å². The predicted octanol–water partition coefficient (Wildman–Crippen LogP) is 3.38. The minimum absolute atomic E-state index is 0.435. The van der Waals surface area contributed by atoms with E-state index in [1.807, 2.05) is 31.3 Å². The van der Waals surface area contributed by atoms with Crippen LogP contribution in [0.5, 0.6) is 11.5 Å². The molecule has 0 unspecified atom stereocenters. The van der Waals surface area contributed by atoms with E-state index >= 15 is 0 Å². The minimum Gasteiger partial charge on any atom is -0.456 e. The Balaban J connectivity index is 2.20. The van der Waals surface area contributed by atoms with Crippen LogP contribution in [0.15, 0.2) is 46.9 Å². The molecule has 5 heteroatoms. The first-order valence-corrected chi connectivity index (χ1v) is 6.44. The number of anilines is 1. The van der Waals surface area contributed by atoms with Gasteiger partial charge in [-0.1, -0.05) is 0 Å². The number of hydrogen-bond acceptors (Lipinski definition) is 3. The van der Waals surface area contributed by atoms with E-state index in [1.54, 1.807) is 18.2 Å². The number of nitrogens with two attached hydrogens (primary N) is 1. The van der Waals surface area contributed by atoms with E-state index in [1.165, 1.54) is 0 Å². The van der Waals surface area contributed by atoms with Crippen molar-refractivity contribution in [2.45, 2.75) is 0 Å². The maximum absolute atomic E-state index is 11.0. The van der Waals surface area contributed by atoms with Gasteiger partial charge in [-0.25, -0.2) is 0 Å². The molecule has 0 radical (unpaired) electrons. The molecule has 0 fully saturated rings. The van der Waals surface area contributed by atoms with Gasteiger partial charge in [0.25, 0.3) is 0 Å². The number of carbonyl (C=O) groups excluding carboxylic acids is 1. The van der Waals surface area contributed by atoms with Gasteiger partial charge in [-0.05, 0) is 58.4 Å².